The van der Waals surface area contributed by atoms with Crippen LogP contribution in [0.2, 0.25) is 0 Å². The van der Waals surface area contributed by atoms with E-state index in [-0.39, 0.29) is 29.1 Å². The monoisotopic (exact) mass is 279 g/mol. The van der Waals surface area contributed by atoms with Crippen LogP contribution in [-0.4, -0.2) is 28.6 Å². The fourth-order valence-corrected chi connectivity index (χ4v) is 1.85. The number of para-hydroxylation sites is 1. The molecule has 0 aliphatic heterocycles. The second-order valence-corrected chi connectivity index (χ2v) is 5.58. The van der Waals surface area contributed by atoms with Crippen LogP contribution < -0.4 is 5.32 Å². The van der Waals surface area contributed by atoms with E-state index in [2.05, 4.69) is 5.32 Å². The lowest BCUT2D eigenvalue weighted by Crippen LogP contribution is -2.28. The maximum absolute atomic E-state index is 11.9. The number of phenolic OH excluding ortho intramolecular Hbond substituents is 1. The van der Waals surface area contributed by atoms with Gasteiger partial charge in [0.05, 0.1) is 5.56 Å². The molecule has 0 atom stereocenters. The van der Waals surface area contributed by atoms with Crippen LogP contribution in [0.4, 0.5) is 0 Å². The van der Waals surface area contributed by atoms with Crippen LogP contribution in [0.15, 0.2) is 24.3 Å². The molecule has 5 heteroatoms. The Morgan fingerprint density at radius 1 is 1.20 bits per heavy atom. The molecule has 0 aliphatic rings. The van der Waals surface area contributed by atoms with Gasteiger partial charge in [0.1, 0.15) is 5.75 Å². The second-order valence-electron chi connectivity index (χ2n) is 5.58. The average Bonchev–Trinajstić information content (AvgIpc) is 2.37. The predicted octanol–water partition coefficient (Wildman–Crippen LogP) is 2.40. The van der Waals surface area contributed by atoms with Crippen LogP contribution in [0.3, 0.4) is 0 Å². The number of aliphatic carboxylic acids is 1. The highest BCUT2D eigenvalue weighted by atomic mass is 16.4. The van der Waals surface area contributed by atoms with Gasteiger partial charge in [0.25, 0.3) is 5.91 Å². The van der Waals surface area contributed by atoms with E-state index in [0.29, 0.717) is 19.4 Å². The standard InChI is InChI=1S/C15H21NO4/c1-15(2,8-7-13(18)19)9-10-16-14(20)11-5-3-4-6-12(11)17/h3-6,17H,7-10H2,1-2H3,(H,16,20)(H,18,19). The third-order valence-electron chi connectivity index (χ3n) is 3.25. The van der Waals surface area contributed by atoms with E-state index in [1.54, 1.807) is 18.2 Å². The molecule has 0 saturated heterocycles. The van der Waals surface area contributed by atoms with E-state index in [1.807, 2.05) is 13.8 Å². The number of hydrogen-bond donors (Lipinski definition) is 3. The number of carboxylic acid groups (broad SMARTS) is 1. The van der Waals surface area contributed by atoms with Gasteiger partial charge < -0.3 is 15.5 Å². The summed E-state index contributed by atoms with van der Waals surface area (Å²) in [6.07, 6.45) is 1.37. The van der Waals surface area contributed by atoms with Crippen molar-refractivity contribution < 1.29 is 19.8 Å². The smallest absolute Gasteiger partial charge is 0.303 e. The minimum atomic E-state index is -0.809. The summed E-state index contributed by atoms with van der Waals surface area (Å²) in [7, 11) is 0. The van der Waals surface area contributed by atoms with Crippen LogP contribution in [0.5, 0.6) is 5.75 Å². The van der Waals surface area contributed by atoms with E-state index in [9.17, 15) is 14.7 Å². The van der Waals surface area contributed by atoms with E-state index >= 15 is 0 Å². The van der Waals surface area contributed by atoms with Gasteiger partial charge in [0.2, 0.25) is 0 Å². The molecule has 0 bridgehead atoms. The van der Waals surface area contributed by atoms with Crippen molar-refractivity contribution in [3.63, 3.8) is 0 Å². The number of phenols is 1. The number of carbonyl (C=O) groups is 2. The minimum Gasteiger partial charge on any atom is -0.507 e. The molecule has 0 spiro atoms. The first-order valence-corrected chi connectivity index (χ1v) is 6.60. The number of hydrogen-bond acceptors (Lipinski definition) is 3. The van der Waals surface area contributed by atoms with Crippen molar-refractivity contribution in [2.45, 2.75) is 33.1 Å². The molecule has 0 aliphatic carbocycles. The number of benzene rings is 1. The summed E-state index contributed by atoms with van der Waals surface area (Å²) in [4.78, 5) is 22.4. The van der Waals surface area contributed by atoms with Gasteiger partial charge in [-0.3, -0.25) is 9.59 Å². The maximum atomic E-state index is 11.9. The molecular formula is C15H21NO4. The first kappa shape index (κ1) is 16.0. The third-order valence-corrected chi connectivity index (χ3v) is 3.25. The van der Waals surface area contributed by atoms with Crippen LogP contribution in [0.1, 0.15) is 43.5 Å². The molecule has 20 heavy (non-hydrogen) atoms. The summed E-state index contributed by atoms with van der Waals surface area (Å²) in [5.41, 5.74) is 0.0977. The number of aromatic hydroxyl groups is 1. The summed E-state index contributed by atoms with van der Waals surface area (Å²) in [6.45, 7) is 4.39. The van der Waals surface area contributed by atoms with Crippen LogP contribution in [-0.2, 0) is 4.79 Å². The Bertz CT molecular complexity index is 483. The minimum absolute atomic E-state index is 0.0462. The lowest BCUT2D eigenvalue weighted by molar-refractivity contribution is -0.137. The molecule has 0 heterocycles. The zero-order valence-corrected chi connectivity index (χ0v) is 11.8. The van der Waals surface area contributed by atoms with E-state index in [0.717, 1.165) is 0 Å². The number of amides is 1. The van der Waals surface area contributed by atoms with Gasteiger partial charge >= 0.3 is 5.97 Å². The van der Waals surface area contributed by atoms with Crippen molar-refractivity contribution in [1.29, 1.82) is 0 Å². The molecule has 1 amide bonds. The molecule has 1 rings (SSSR count). The fourth-order valence-electron chi connectivity index (χ4n) is 1.85. The summed E-state index contributed by atoms with van der Waals surface area (Å²) in [5, 5.41) is 21.0. The van der Waals surface area contributed by atoms with Crippen molar-refractivity contribution in [1.82, 2.24) is 5.32 Å². The molecule has 5 nitrogen and oxygen atoms in total. The normalized spacial score (nSPS) is 11.1. The Hall–Kier alpha value is -2.04. The van der Waals surface area contributed by atoms with Crippen LogP contribution in [0.25, 0.3) is 0 Å². The molecule has 0 saturated carbocycles. The van der Waals surface area contributed by atoms with Gasteiger partial charge in [0, 0.05) is 13.0 Å². The zero-order valence-electron chi connectivity index (χ0n) is 11.8. The van der Waals surface area contributed by atoms with E-state index < -0.39 is 5.97 Å². The maximum Gasteiger partial charge on any atom is 0.303 e. The van der Waals surface area contributed by atoms with Gasteiger partial charge in [-0.05, 0) is 30.4 Å². The lowest BCUT2D eigenvalue weighted by atomic mass is 9.84. The lowest BCUT2D eigenvalue weighted by Gasteiger charge is -2.23. The Balaban J connectivity index is 2.42. The third kappa shape index (κ3) is 5.30. The SMILES string of the molecule is CC(C)(CCNC(=O)c1ccccc1O)CCC(=O)O. The molecule has 0 aromatic heterocycles. The largest absolute Gasteiger partial charge is 0.507 e. The predicted molar refractivity (Wildman–Crippen MR) is 75.7 cm³/mol. The highest BCUT2D eigenvalue weighted by Crippen LogP contribution is 2.26. The van der Waals surface area contributed by atoms with Crippen LogP contribution in [0, 0.1) is 5.41 Å². The van der Waals surface area contributed by atoms with Crippen molar-refractivity contribution in [3.05, 3.63) is 29.8 Å². The van der Waals surface area contributed by atoms with Gasteiger partial charge in [0.15, 0.2) is 0 Å². The number of rotatable bonds is 7. The van der Waals surface area contributed by atoms with E-state index in [1.165, 1.54) is 6.07 Å². The van der Waals surface area contributed by atoms with Gasteiger partial charge in [-0.15, -0.1) is 0 Å². The molecule has 110 valence electrons. The number of carboxylic acids is 1. The van der Waals surface area contributed by atoms with Gasteiger partial charge in [-0.1, -0.05) is 26.0 Å². The van der Waals surface area contributed by atoms with Gasteiger partial charge in [-0.2, -0.15) is 0 Å². The topological polar surface area (TPSA) is 86.6 Å². The summed E-state index contributed by atoms with van der Waals surface area (Å²) in [5.74, 6) is -1.18. The number of carbonyl (C=O) groups excluding carboxylic acids is 1. The molecule has 0 fully saturated rings. The van der Waals surface area contributed by atoms with Crippen molar-refractivity contribution >= 4 is 11.9 Å². The first-order valence-electron chi connectivity index (χ1n) is 6.60. The van der Waals surface area contributed by atoms with Crippen molar-refractivity contribution in [3.8, 4) is 5.75 Å². The van der Waals surface area contributed by atoms with Crippen molar-refractivity contribution in [2.75, 3.05) is 6.54 Å². The molecular weight excluding hydrogens is 258 g/mol. The fraction of sp³-hybridized carbons (Fsp3) is 0.467. The molecule has 0 radical (unpaired) electrons. The first-order chi connectivity index (χ1) is 9.32. The highest BCUT2D eigenvalue weighted by molar-refractivity contribution is 5.96. The molecule has 1 aromatic rings. The summed E-state index contributed by atoms with van der Waals surface area (Å²) >= 11 is 0. The quantitative estimate of drug-likeness (QED) is 0.715. The Morgan fingerprint density at radius 2 is 1.85 bits per heavy atom. The Labute approximate surface area is 118 Å². The summed E-state index contributed by atoms with van der Waals surface area (Å²) < 4.78 is 0. The highest BCUT2D eigenvalue weighted by Gasteiger charge is 2.19. The van der Waals surface area contributed by atoms with Crippen molar-refractivity contribution in [2.24, 2.45) is 5.41 Å². The summed E-state index contributed by atoms with van der Waals surface area (Å²) in [6, 6.07) is 6.36. The van der Waals surface area contributed by atoms with Crippen LogP contribution >= 0.6 is 0 Å². The molecule has 0 unspecified atom stereocenters. The van der Waals surface area contributed by atoms with E-state index in [4.69, 9.17) is 5.11 Å². The molecule has 1 aromatic carbocycles. The molecule has 3 N–H and O–H groups in total. The Morgan fingerprint density at radius 3 is 2.45 bits per heavy atom. The second kappa shape index (κ2) is 6.93. The number of nitrogens with one attached hydrogen (secondary N) is 1. The Kier molecular flexibility index (Phi) is 5.55. The van der Waals surface area contributed by atoms with Gasteiger partial charge in [-0.25, -0.2) is 0 Å². The average molecular weight is 279 g/mol. The zero-order chi connectivity index (χ0) is 15.2.